The van der Waals surface area contributed by atoms with Crippen LogP contribution in [0.25, 0.3) is 11.2 Å². The zero-order valence-electron chi connectivity index (χ0n) is 12.8. The van der Waals surface area contributed by atoms with Gasteiger partial charge in [0.05, 0.1) is 18.6 Å². The SMILES string of the molecule is c1cn(C2CCCN(c3ncnc4c3ncn4C3CC3)C2)nn1. The smallest absolute Gasteiger partial charge is 0.165 e. The van der Waals surface area contributed by atoms with Gasteiger partial charge in [0.15, 0.2) is 17.0 Å². The van der Waals surface area contributed by atoms with Crippen LogP contribution < -0.4 is 4.90 Å². The van der Waals surface area contributed by atoms with Crippen molar-refractivity contribution in [1.29, 1.82) is 0 Å². The molecule has 1 unspecified atom stereocenters. The highest BCUT2D eigenvalue weighted by Crippen LogP contribution is 2.38. The van der Waals surface area contributed by atoms with E-state index in [-0.39, 0.29) is 0 Å². The molecule has 5 rings (SSSR count). The van der Waals surface area contributed by atoms with Crippen LogP contribution in [0.2, 0.25) is 0 Å². The number of nitrogens with zero attached hydrogens (tertiary/aromatic N) is 8. The molecule has 3 aromatic rings. The lowest BCUT2D eigenvalue weighted by Gasteiger charge is -2.33. The third kappa shape index (κ3) is 2.16. The Morgan fingerprint density at radius 2 is 2.00 bits per heavy atom. The van der Waals surface area contributed by atoms with Crippen molar-refractivity contribution in [1.82, 2.24) is 34.5 Å². The number of fused-ring (bicyclic) bond motifs is 1. The normalized spacial score (nSPS) is 21.9. The monoisotopic (exact) mass is 310 g/mol. The number of piperidine rings is 1. The maximum absolute atomic E-state index is 4.60. The summed E-state index contributed by atoms with van der Waals surface area (Å²) in [6, 6.07) is 0.911. The molecule has 8 heteroatoms. The summed E-state index contributed by atoms with van der Waals surface area (Å²) in [4.78, 5) is 15.9. The van der Waals surface area contributed by atoms with Gasteiger partial charge in [-0.15, -0.1) is 5.10 Å². The average molecular weight is 310 g/mol. The molecule has 1 saturated heterocycles. The van der Waals surface area contributed by atoms with E-state index in [0.29, 0.717) is 12.1 Å². The van der Waals surface area contributed by atoms with Gasteiger partial charge >= 0.3 is 0 Å². The third-order valence-electron chi connectivity index (χ3n) is 4.79. The highest BCUT2D eigenvalue weighted by Gasteiger charge is 2.28. The van der Waals surface area contributed by atoms with E-state index in [2.05, 4.69) is 34.7 Å². The molecule has 0 spiro atoms. The third-order valence-corrected chi connectivity index (χ3v) is 4.79. The summed E-state index contributed by atoms with van der Waals surface area (Å²) in [5, 5.41) is 8.08. The van der Waals surface area contributed by atoms with E-state index in [1.165, 1.54) is 12.8 Å². The van der Waals surface area contributed by atoms with Gasteiger partial charge in [-0.2, -0.15) is 0 Å². The van der Waals surface area contributed by atoms with Crippen LogP contribution in [0.3, 0.4) is 0 Å². The topological polar surface area (TPSA) is 77.5 Å². The van der Waals surface area contributed by atoms with Gasteiger partial charge in [-0.3, -0.25) is 0 Å². The minimum Gasteiger partial charge on any atom is -0.353 e. The summed E-state index contributed by atoms with van der Waals surface area (Å²) >= 11 is 0. The van der Waals surface area contributed by atoms with Crippen LogP contribution in [0.4, 0.5) is 5.82 Å². The Balaban J connectivity index is 1.50. The van der Waals surface area contributed by atoms with Crippen molar-refractivity contribution < 1.29 is 0 Å². The van der Waals surface area contributed by atoms with E-state index in [1.54, 1.807) is 12.5 Å². The van der Waals surface area contributed by atoms with E-state index in [1.807, 2.05) is 17.2 Å². The fraction of sp³-hybridized carbons (Fsp3) is 0.533. The molecule has 0 aromatic carbocycles. The maximum atomic E-state index is 4.60. The molecule has 4 heterocycles. The molecule has 1 aliphatic carbocycles. The largest absolute Gasteiger partial charge is 0.353 e. The first-order valence-electron chi connectivity index (χ1n) is 8.18. The summed E-state index contributed by atoms with van der Waals surface area (Å²) in [5.41, 5.74) is 1.87. The van der Waals surface area contributed by atoms with Gasteiger partial charge < -0.3 is 9.47 Å². The molecule has 8 nitrogen and oxygen atoms in total. The van der Waals surface area contributed by atoms with Gasteiger partial charge in [-0.05, 0) is 25.7 Å². The quantitative estimate of drug-likeness (QED) is 0.731. The first-order chi connectivity index (χ1) is 11.4. The van der Waals surface area contributed by atoms with Crippen LogP contribution in [0.5, 0.6) is 0 Å². The molecule has 1 saturated carbocycles. The average Bonchev–Trinajstić information content (AvgIpc) is 3.13. The number of hydrogen-bond donors (Lipinski definition) is 0. The zero-order valence-corrected chi connectivity index (χ0v) is 12.8. The standard InChI is InChI=1S/C15H18N8/c1-2-12(23-7-5-19-20-23)8-21(6-1)14-13-15(17-9-16-14)22(10-18-13)11-3-4-11/h5,7,9-12H,1-4,6,8H2. The molecule has 0 N–H and O–H groups in total. The Bertz CT molecular complexity index is 819. The minimum atomic E-state index is 0.335. The lowest BCUT2D eigenvalue weighted by molar-refractivity contribution is 0.368. The van der Waals surface area contributed by atoms with Gasteiger partial charge in [0.1, 0.15) is 6.33 Å². The number of rotatable bonds is 3. The first kappa shape index (κ1) is 13.0. The minimum absolute atomic E-state index is 0.335. The molecule has 118 valence electrons. The molecular formula is C15H18N8. The Hall–Kier alpha value is -2.51. The molecular weight excluding hydrogens is 292 g/mol. The van der Waals surface area contributed by atoms with Gasteiger partial charge in [-0.1, -0.05) is 5.21 Å². The highest BCUT2D eigenvalue weighted by atomic mass is 15.4. The second kappa shape index (κ2) is 5.00. The van der Waals surface area contributed by atoms with Crippen LogP contribution in [-0.4, -0.2) is 47.6 Å². The van der Waals surface area contributed by atoms with Crippen molar-refractivity contribution in [3.8, 4) is 0 Å². The Morgan fingerprint density at radius 3 is 2.83 bits per heavy atom. The summed E-state index contributed by atoms with van der Waals surface area (Å²) < 4.78 is 4.15. The van der Waals surface area contributed by atoms with Crippen LogP contribution in [-0.2, 0) is 0 Å². The first-order valence-corrected chi connectivity index (χ1v) is 8.18. The Labute approximate surface area is 133 Å². The molecule has 1 atom stereocenters. The maximum Gasteiger partial charge on any atom is 0.165 e. The summed E-state index contributed by atoms with van der Waals surface area (Å²) in [5.74, 6) is 0.944. The van der Waals surface area contributed by atoms with Crippen LogP contribution in [0, 0.1) is 0 Å². The van der Waals surface area contributed by atoms with E-state index < -0.39 is 0 Å². The predicted molar refractivity (Wildman–Crippen MR) is 84.1 cm³/mol. The summed E-state index contributed by atoms with van der Waals surface area (Å²) in [7, 11) is 0. The lowest BCUT2D eigenvalue weighted by Crippen LogP contribution is -2.37. The van der Waals surface area contributed by atoms with Gasteiger partial charge in [-0.25, -0.2) is 19.6 Å². The molecule has 1 aliphatic heterocycles. The Morgan fingerprint density at radius 1 is 1.04 bits per heavy atom. The molecule has 2 aliphatic rings. The molecule has 3 aromatic heterocycles. The van der Waals surface area contributed by atoms with Crippen molar-refractivity contribution in [2.24, 2.45) is 0 Å². The lowest BCUT2D eigenvalue weighted by atomic mass is 10.1. The van der Waals surface area contributed by atoms with E-state index in [4.69, 9.17) is 0 Å². The molecule has 0 amide bonds. The predicted octanol–water partition coefficient (Wildman–Crippen LogP) is 1.59. The van der Waals surface area contributed by atoms with E-state index in [0.717, 1.165) is 42.9 Å². The molecule has 0 bridgehead atoms. The summed E-state index contributed by atoms with van der Waals surface area (Å²) in [6.07, 6.45) is 11.9. The van der Waals surface area contributed by atoms with Crippen molar-refractivity contribution in [2.45, 2.75) is 37.8 Å². The van der Waals surface area contributed by atoms with Crippen LogP contribution in [0.1, 0.15) is 37.8 Å². The highest BCUT2D eigenvalue weighted by molar-refractivity contribution is 5.83. The van der Waals surface area contributed by atoms with Gasteiger partial charge in [0.25, 0.3) is 0 Å². The fourth-order valence-corrected chi connectivity index (χ4v) is 3.47. The van der Waals surface area contributed by atoms with E-state index in [9.17, 15) is 0 Å². The van der Waals surface area contributed by atoms with Crippen molar-refractivity contribution >= 4 is 17.0 Å². The van der Waals surface area contributed by atoms with Crippen molar-refractivity contribution in [2.75, 3.05) is 18.0 Å². The second-order valence-electron chi connectivity index (χ2n) is 6.38. The zero-order chi connectivity index (χ0) is 15.2. The molecule has 0 radical (unpaired) electrons. The number of hydrogen-bond acceptors (Lipinski definition) is 6. The molecule has 2 fully saturated rings. The number of imidazole rings is 1. The summed E-state index contributed by atoms with van der Waals surface area (Å²) in [6.45, 7) is 1.87. The van der Waals surface area contributed by atoms with Crippen LogP contribution >= 0.6 is 0 Å². The molecule has 23 heavy (non-hydrogen) atoms. The number of aromatic nitrogens is 7. The Kier molecular flexibility index (Phi) is 2.82. The van der Waals surface area contributed by atoms with E-state index >= 15 is 0 Å². The van der Waals surface area contributed by atoms with Crippen molar-refractivity contribution in [3.05, 3.63) is 25.0 Å². The van der Waals surface area contributed by atoms with Crippen LogP contribution in [0.15, 0.2) is 25.0 Å². The van der Waals surface area contributed by atoms with Crippen molar-refractivity contribution in [3.63, 3.8) is 0 Å². The van der Waals surface area contributed by atoms with Gasteiger partial charge in [0, 0.05) is 25.3 Å². The number of anilines is 1. The fourth-order valence-electron chi connectivity index (χ4n) is 3.47. The second-order valence-corrected chi connectivity index (χ2v) is 6.38. The van der Waals surface area contributed by atoms with Gasteiger partial charge in [0.2, 0.25) is 0 Å².